The van der Waals surface area contributed by atoms with E-state index in [2.05, 4.69) is 32.2 Å². The molecule has 0 spiro atoms. The zero-order chi connectivity index (χ0) is 16.9. The second kappa shape index (κ2) is 22.2. The summed E-state index contributed by atoms with van der Waals surface area (Å²) in [6.07, 6.45) is 21.9. The summed E-state index contributed by atoms with van der Waals surface area (Å²) in [5.74, 6) is -0.164. The number of carbonyl (C=O) groups is 1. The second-order valence-electron chi connectivity index (χ2n) is 5.80. The molecule has 0 bridgehead atoms. The van der Waals surface area contributed by atoms with E-state index < -0.39 is 0 Å². The molecule has 0 aromatic carbocycles. The third kappa shape index (κ3) is 24.0. The Morgan fingerprint density at radius 2 is 1.18 bits per heavy atom. The van der Waals surface area contributed by atoms with E-state index >= 15 is 0 Å². The fourth-order valence-electron chi connectivity index (χ4n) is 2.37. The zero-order valence-electron chi connectivity index (χ0n) is 15.0. The summed E-state index contributed by atoms with van der Waals surface area (Å²) >= 11 is 0. The molecule has 0 radical (unpaired) electrons. The summed E-state index contributed by atoms with van der Waals surface area (Å²) in [4.78, 5) is 10.5. The standard InChI is InChI=1S/C18H35NO.C2H4/c1-2-3-4-5-6-7-8-9-10-11-12-13-14-15-16-17-18(19)20;1-2/h9-10H,2-8,11-17H2,1H3,(H2,19,20);1-2H2/b10-9-;. The van der Waals surface area contributed by atoms with Crippen molar-refractivity contribution >= 4 is 5.91 Å². The van der Waals surface area contributed by atoms with Gasteiger partial charge in [-0.05, 0) is 32.1 Å². The molecule has 0 aliphatic heterocycles. The molecule has 0 saturated carbocycles. The van der Waals surface area contributed by atoms with Gasteiger partial charge in [0.25, 0.3) is 0 Å². The first-order chi connectivity index (χ1) is 10.8. The molecular formula is C20H39NO. The van der Waals surface area contributed by atoms with Crippen molar-refractivity contribution in [1.82, 2.24) is 0 Å². The Kier molecular flexibility index (Phi) is 23.5. The predicted molar refractivity (Wildman–Crippen MR) is 99.9 cm³/mol. The lowest BCUT2D eigenvalue weighted by Crippen LogP contribution is -2.09. The number of allylic oxidation sites excluding steroid dienone is 2. The predicted octanol–water partition coefficient (Wildman–Crippen LogP) is 6.31. The van der Waals surface area contributed by atoms with E-state index in [0.29, 0.717) is 6.42 Å². The lowest BCUT2D eigenvalue weighted by Gasteiger charge is -1.99. The van der Waals surface area contributed by atoms with E-state index in [-0.39, 0.29) is 5.91 Å². The van der Waals surface area contributed by atoms with Gasteiger partial charge in [0.05, 0.1) is 0 Å². The molecule has 0 saturated heterocycles. The van der Waals surface area contributed by atoms with Gasteiger partial charge in [0.2, 0.25) is 5.91 Å². The highest BCUT2D eigenvalue weighted by Gasteiger charge is 1.94. The van der Waals surface area contributed by atoms with E-state index in [1.165, 1.54) is 70.6 Å². The van der Waals surface area contributed by atoms with E-state index in [1.54, 1.807) is 0 Å². The molecule has 130 valence electrons. The summed E-state index contributed by atoms with van der Waals surface area (Å²) in [5, 5.41) is 0. The van der Waals surface area contributed by atoms with Crippen molar-refractivity contribution in [3.05, 3.63) is 25.3 Å². The number of hydrogen-bond acceptors (Lipinski definition) is 1. The largest absolute Gasteiger partial charge is 0.370 e. The van der Waals surface area contributed by atoms with Crippen LogP contribution in [0.1, 0.15) is 96.8 Å². The van der Waals surface area contributed by atoms with Gasteiger partial charge in [-0.3, -0.25) is 4.79 Å². The topological polar surface area (TPSA) is 43.1 Å². The molecule has 0 rings (SSSR count). The minimum Gasteiger partial charge on any atom is -0.370 e. The number of carbonyl (C=O) groups excluding carboxylic acids is 1. The van der Waals surface area contributed by atoms with Crippen LogP contribution < -0.4 is 5.73 Å². The second-order valence-corrected chi connectivity index (χ2v) is 5.80. The van der Waals surface area contributed by atoms with Crippen LogP contribution in [0.5, 0.6) is 0 Å². The summed E-state index contributed by atoms with van der Waals surface area (Å²) in [6, 6.07) is 0. The van der Waals surface area contributed by atoms with Crippen LogP contribution >= 0.6 is 0 Å². The number of primary amides is 1. The van der Waals surface area contributed by atoms with E-state index in [9.17, 15) is 4.79 Å². The number of hydrogen-bond donors (Lipinski definition) is 1. The van der Waals surface area contributed by atoms with Crippen molar-refractivity contribution < 1.29 is 4.79 Å². The summed E-state index contributed by atoms with van der Waals surface area (Å²) < 4.78 is 0. The zero-order valence-corrected chi connectivity index (χ0v) is 15.0. The summed E-state index contributed by atoms with van der Waals surface area (Å²) in [7, 11) is 0. The number of amides is 1. The van der Waals surface area contributed by atoms with E-state index in [1.807, 2.05) is 0 Å². The molecule has 0 aromatic rings. The molecule has 2 heteroatoms. The fourth-order valence-corrected chi connectivity index (χ4v) is 2.37. The van der Waals surface area contributed by atoms with Gasteiger partial charge in [-0.2, -0.15) is 0 Å². The van der Waals surface area contributed by atoms with Crippen LogP contribution in [0.4, 0.5) is 0 Å². The first-order valence-corrected chi connectivity index (χ1v) is 9.20. The summed E-state index contributed by atoms with van der Waals surface area (Å²) in [5.41, 5.74) is 5.10. The molecule has 2 nitrogen and oxygen atoms in total. The maximum absolute atomic E-state index is 10.5. The molecule has 0 fully saturated rings. The Morgan fingerprint density at radius 3 is 1.64 bits per heavy atom. The Labute approximate surface area is 139 Å². The first kappa shape index (κ1) is 23.2. The van der Waals surface area contributed by atoms with Crippen molar-refractivity contribution in [2.24, 2.45) is 5.73 Å². The SMILES string of the molecule is C=C.CCCCCCCC/C=C\CCCCCCCC(N)=O. The molecule has 2 N–H and O–H groups in total. The van der Waals surface area contributed by atoms with Gasteiger partial charge in [0.15, 0.2) is 0 Å². The van der Waals surface area contributed by atoms with Crippen molar-refractivity contribution in [1.29, 1.82) is 0 Å². The molecule has 1 amide bonds. The van der Waals surface area contributed by atoms with Crippen LogP contribution in [0, 0.1) is 0 Å². The van der Waals surface area contributed by atoms with Gasteiger partial charge in [-0.25, -0.2) is 0 Å². The van der Waals surface area contributed by atoms with E-state index in [4.69, 9.17) is 5.73 Å². The Balaban J connectivity index is 0. The van der Waals surface area contributed by atoms with Gasteiger partial charge in [0, 0.05) is 6.42 Å². The molecule has 0 heterocycles. The highest BCUT2D eigenvalue weighted by Crippen LogP contribution is 2.09. The van der Waals surface area contributed by atoms with Gasteiger partial charge in [-0.15, -0.1) is 13.2 Å². The third-order valence-corrected chi connectivity index (χ3v) is 3.68. The van der Waals surface area contributed by atoms with Crippen LogP contribution in [0.3, 0.4) is 0 Å². The highest BCUT2D eigenvalue weighted by atomic mass is 16.1. The van der Waals surface area contributed by atoms with Crippen molar-refractivity contribution in [3.8, 4) is 0 Å². The normalized spacial score (nSPS) is 10.4. The van der Waals surface area contributed by atoms with Crippen LogP contribution in [0.15, 0.2) is 25.3 Å². The molecule has 0 unspecified atom stereocenters. The monoisotopic (exact) mass is 309 g/mol. The molecule has 0 aromatic heterocycles. The maximum Gasteiger partial charge on any atom is 0.217 e. The average Bonchev–Trinajstić information content (AvgIpc) is 2.53. The minimum absolute atomic E-state index is 0.164. The Bertz CT molecular complexity index is 248. The Hall–Kier alpha value is -1.05. The smallest absolute Gasteiger partial charge is 0.217 e. The average molecular weight is 310 g/mol. The fraction of sp³-hybridized carbons (Fsp3) is 0.750. The molecule has 0 aliphatic rings. The highest BCUT2D eigenvalue weighted by molar-refractivity contribution is 5.73. The minimum atomic E-state index is -0.164. The van der Waals surface area contributed by atoms with Gasteiger partial charge in [0.1, 0.15) is 0 Å². The van der Waals surface area contributed by atoms with Crippen LogP contribution in [0.25, 0.3) is 0 Å². The van der Waals surface area contributed by atoms with Gasteiger partial charge >= 0.3 is 0 Å². The number of unbranched alkanes of at least 4 members (excludes halogenated alkanes) is 11. The lowest BCUT2D eigenvalue weighted by molar-refractivity contribution is -0.118. The number of nitrogens with two attached hydrogens (primary N) is 1. The van der Waals surface area contributed by atoms with Crippen LogP contribution in [0.2, 0.25) is 0 Å². The Morgan fingerprint density at radius 1 is 0.773 bits per heavy atom. The quantitative estimate of drug-likeness (QED) is 0.279. The lowest BCUT2D eigenvalue weighted by atomic mass is 10.1. The summed E-state index contributed by atoms with van der Waals surface area (Å²) in [6.45, 7) is 8.26. The van der Waals surface area contributed by atoms with Crippen molar-refractivity contribution in [2.75, 3.05) is 0 Å². The van der Waals surface area contributed by atoms with Gasteiger partial charge in [-0.1, -0.05) is 70.4 Å². The third-order valence-electron chi connectivity index (χ3n) is 3.68. The molecule has 22 heavy (non-hydrogen) atoms. The van der Waals surface area contributed by atoms with Crippen LogP contribution in [-0.2, 0) is 4.79 Å². The molecule has 0 aliphatic carbocycles. The first-order valence-electron chi connectivity index (χ1n) is 9.20. The molecule has 0 atom stereocenters. The van der Waals surface area contributed by atoms with Crippen LogP contribution in [-0.4, -0.2) is 5.91 Å². The van der Waals surface area contributed by atoms with E-state index in [0.717, 1.165) is 12.8 Å². The number of rotatable bonds is 15. The molecular weight excluding hydrogens is 270 g/mol. The maximum atomic E-state index is 10.5. The van der Waals surface area contributed by atoms with Crippen molar-refractivity contribution in [2.45, 2.75) is 96.8 Å². The van der Waals surface area contributed by atoms with Gasteiger partial charge < -0.3 is 5.73 Å². The van der Waals surface area contributed by atoms with Crippen molar-refractivity contribution in [3.63, 3.8) is 0 Å².